The maximum absolute atomic E-state index is 12.7. The second-order valence-corrected chi connectivity index (χ2v) is 7.02. The Bertz CT molecular complexity index is 737. The number of benzene rings is 1. The highest BCUT2D eigenvalue weighted by Gasteiger charge is 2.23. The number of nitrogens with zero attached hydrogens (tertiary/aromatic N) is 2. The molecular weight excluding hydrogens is 312 g/mol. The number of aryl methyl sites for hydroxylation is 2. The summed E-state index contributed by atoms with van der Waals surface area (Å²) in [6.07, 6.45) is 2.27. The first kappa shape index (κ1) is 17.5. The molecule has 4 heteroatoms. The first-order valence-corrected chi connectivity index (χ1v) is 8.99. The summed E-state index contributed by atoms with van der Waals surface area (Å²) >= 11 is 0. The molecular formula is C21H26N2O2. The Hall–Kier alpha value is -2.36. The highest BCUT2D eigenvalue weighted by atomic mass is 16.5. The molecule has 1 aliphatic heterocycles. The van der Waals surface area contributed by atoms with Crippen molar-refractivity contribution in [2.45, 2.75) is 40.2 Å². The van der Waals surface area contributed by atoms with Crippen molar-refractivity contribution in [2.75, 3.05) is 13.1 Å². The number of ether oxygens (including phenoxy) is 1. The Labute approximate surface area is 149 Å². The van der Waals surface area contributed by atoms with Crippen LogP contribution in [0.5, 0.6) is 5.75 Å². The first-order valence-electron chi connectivity index (χ1n) is 8.99. The van der Waals surface area contributed by atoms with Gasteiger partial charge in [0.05, 0.1) is 5.69 Å². The summed E-state index contributed by atoms with van der Waals surface area (Å²) in [5, 5.41) is 0. The summed E-state index contributed by atoms with van der Waals surface area (Å²) in [6, 6.07) is 11.7. The molecule has 0 spiro atoms. The lowest BCUT2D eigenvalue weighted by atomic mass is 10.00. The molecule has 1 fully saturated rings. The molecule has 1 atom stereocenters. The molecule has 1 aliphatic rings. The van der Waals surface area contributed by atoms with Crippen molar-refractivity contribution in [2.24, 2.45) is 5.92 Å². The first-order chi connectivity index (χ1) is 12.0. The molecule has 132 valence electrons. The molecule has 0 radical (unpaired) electrons. The van der Waals surface area contributed by atoms with E-state index in [9.17, 15) is 4.79 Å². The highest BCUT2D eigenvalue weighted by Crippen LogP contribution is 2.23. The predicted molar refractivity (Wildman–Crippen MR) is 98.8 cm³/mol. The van der Waals surface area contributed by atoms with Gasteiger partial charge < -0.3 is 9.64 Å². The van der Waals surface area contributed by atoms with Gasteiger partial charge in [-0.3, -0.25) is 4.79 Å². The molecule has 0 aliphatic carbocycles. The maximum atomic E-state index is 12.7. The fourth-order valence-corrected chi connectivity index (χ4v) is 3.39. The molecule has 2 heterocycles. The van der Waals surface area contributed by atoms with Crippen LogP contribution in [0.1, 0.15) is 47.1 Å². The van der Waals surface area contributed by atoms with Gasteiger partial charge in [0, 0.05) is 13.1 Å². The molecule has 0 bridgehead atoms. The number of likely N-dealkylation sites (tertiary alicyclic amines) is 1. The lowest BCUT2D eigenvalue weighted by Crippen LogP contribution is -2.39. The third kappa shape index (κ3) is 4.19. The number of hydrogen-bond acceptors (Lipinski definition) is 3. The number of rotatable bonds is 4. The van der Waals surface area contributed by atoms with E-state index in [4.69, 9.17) is 4.74 Å². The van der Waals surface area contributed by atoms with Crippen LogP contribution in [-0.2, 0) is 6.61 Å². The number of hydrogen-bond donors (Lipinski definition) is 0. The van der Waals surface area contributed by atoms with E-state index in [0.717, 1.165) is 42.1 Å². The van der Waals surface area contributed by atoms with E-state index in [-0.39, 0.29) is 5.91 Å². The zero-order valence-electron chi connectivity index (χ0n) is 15.3. The number of para-hydroxylation sites is 1. The third-order valence-corrected chi connectivity index (χ3v) is 4.74. The molecule has 1 aromatic carbocycles. The minimum absolute atomic E-state index is 0.0282. The van der Waals surface area contributed by atoms with E-state index >= 15 is 0 Å². The second kappa shape index (κ2) is 7.68. The Morgan fingerprint density at radius 2 is 1.92 bits per heavy atom. The van der Waals surface area contributed by atoms with Crippen molar-refractivity contribution in [3.8, 4) is 5.75 Å². The van der Waals surface area contributed by atoms with Gasteiger partial charge in [0.25, 0.3) is 5.91 Å². The summed E-state index contributed by atoms with van der Waals surface area (Å²) in [5.74, 6) is 1.49. The summed E-state index contributed by atoms with van der Waals surface area (Å²) in [6.45, 7) is 8.28. The van der Waals surface area contributed by atoms with Crippen LogP contribution < -0.4 is 4.74 Å². The molecule has 4 nitrogen and oxygen atoms in total. The molecule has 3 rings (SSSR count). The fraction of sp³-hybridized carbons (Fsp3) is 0.429. The molecule has 25 heavy (non-hydrogen) atoms. The Balaban J connectivity index is 1.70. The largest absolute Gasteiger partial charge is 0.487 e. The maximum Gasteiger partial charge on any atom is 0.272 e. The molecule has 1 aromatic heterocycles. The number of aromatic nitrogens is 1. The topological polar surface area (TPSA) is 42.4 Å². The number of carbonyl (C=O) groups excluding carboxylic acids is 1. The van der Waals surface area contributed by atoms with Crippen molar-refractivity contribution in [1.29, 1.82) is 0 Å². The predicted octanol–water partition coefficient (Wildman–Crippen LogP) is 4.15. The van der Waals surface area contributed by atoms with Crippen LogP contribution in [0.3, 0.4) is 0 Å². The van der Waals surface area contributed by atoms with E-state index in [1.807, 2.05) is 49.1 Å². The average molecular weight is 338 g/mol. The van der Waals surface area contributed by atoms with Crippen molar-refractivity contribution >= 4 is 5.91 Å². The van der Waals surface area contributed by atoms with Crippen LogP contribution in [0.4, 0.5) is 0 Å². The third-order valence-electron chi connectivity index (χ3n) is 4.74. The summed E-state index contributed by atoms with van der Waals surface area (Å²) in [7, 11) is 0. The molecule has 1 amide bonds. The summed E-state index contributed by atoms with van der Waals surface area (Å²) in [5.41, 5.74) is 3.50. The lowest BCUT2D eigenvalue weighted by Gasteiger charge is -2.30. The molecule has 1 unspecified atom stereocenters. The van der Waals surface area contributed by atoms with Gasteiger partial charge in [-0.05, 0) is 55.9 Å². The minimum Gasteiger partial charge on any atom is -0.487 e. The molecule has 0 saturated carbocycles. The van der Waals surface area contributed by atoms with Crippen LogP contribution in [0.2, 0.25) is 0 Å². The van der Waals surface area contributed by atoms with Gasteiger partial charge in [0.2, 0.25) is 0 Å². The Kier molecular flexibility index (Phi) is 5.37. The van der Waals surface area contributed by atoms with Gasteiger partial charge in [-0.15, -0.1) is 0 Å². The Morgan fingerprint density at radius 1 is 1.20 bits per heavy atom. The number of pyridine rings is 1. The Morgan fingerprint density at radius 3 is 2.64 bits per heavy atom. The van der Waals surface area contributed by atoms with Crippen molar-refractivity contribution in [1.82, 2.24) is 9.88 Å². The average Bonchev–Trinajstić information content (AvgIpc) is 2.61. The van der Waals surface area contributed by atoms with Crippen molar-refractivity contribution in [3.05, 3.63) is 58.9 Å². The zero-order valence-corrected chi connectivity index (χ0v) is 15.3. The van der Waals surface area contributed by atoms with E-state index in [1.54, 1.807) is 6.07 Å². The standard InChI is InChI=1S/C21H26N2O2/c1-15-7-6-12-23(13-15)21(24)19-11-5-10-18(22-19)14-25-20-16(2)8-4-9-17(20)3/h4-5,8-11,15H,6-7,12-14H2,1-3H3. The minimum atomic E-state index is 0.0282. The van der Waals surface area contributed by atoms with Gasteiger partial charge in [0.1, 0.15) is 18.1 Å². The van der Waals surface area contributed by atoms with Gasteiger partial charge in [-0.2, -0.15) is 0 Å². The van der Waals surface area contributed by atoms with Crippen LogP contribution in [0, 0.1) is 19.8 Å². The smallest absolute Gasteiger partial charge is 0.272 e. The van der Waals surface area contributed by atoms with Gasteiger partial charge in [-0.25, -0.2) is 4.98 Å². The summed E-state index contributed by atoms with van der Waals surface area (Å²) < 4.78 is 5.96. The van der Waals surface area contributed by atoms with Gasteiger partial charge in [0.15, 0.2) is 0 Å². The summed E-state index contributed by atoms with van der Waals surface area (Å²) in [4.78, 5) is 19.2. The fourth-order valence-electron chi connectivity index (χ4n) is 3.39. The number of piperidine rings is 1. The van der Waals surface area contributed by atoms with Crippen molar-refractivity contribution in [3.63, 3.8) is 0 Å². The zero-order chi connectivity index (χ0) is 17.8. The van der Waals surface area contributed by atoms with Crippen LogP contribution in [-0.4, -0.2) is 28.9 Å². The SMILES string of the molecule is Cc1cccc(C)c1OCc1cccc(C(=O)N2CCCC(C)C2)n1. The van der Waals surface area contributed by atoms with E-state index in [0.29, 0.717) is 18.2 Å². The normalized spacial score (nSPS) is 17.4. The van der Waals surface area contributed by atoms with E-state index in [1.165, 1.54) is 6.42 Å². The highest BCUT2D eigenvalue weighted by molar-refractivity contribution is 5.92. The van der Waals surface area contributed by atoms with Gasteiger partial charge in [-0.1, -0.05) is 31.2 Å². The second-order valence-electron chi connectivity index (χ2n) is 7.02. The van der Waals surface area contributed by atoms with Crippen LogP contribution >= 0.6 is 0 Å². The van der Waals surface area contributed by atoms with E-state index < -0.39 is 0 Å². The van der Waals surface area contributed by atoms with E-state index in [2.05, 4.69) is 11.9 Å². The molecule has 1 saturated heterocycles. The number of carbonyl (C=O) groups is 1. The lowest BCUT2D eigenvalue weighted by molar-refractivity contribution is 0.0676. The van der Waals surface area contributed by atoms with Gasteiger partial charge >= 0.3 is 0 Å². The van der Waals surface area contributed by atoms with Crippen LogP contribution in [0.15, 0.2) is 36.4 Å². The molecule has 0 N–H and O–H groups in total. The van der Waals surface area contributed by atoms with Crippen molar-refractivity contribution < 1.29 is 9.53 Å². The monoisotopic (exact) mass is 338 g/mol. The molecule has 2 aromatic rings. The van der Waals surface area contributed by atoms with Crippen LogP contribution in [0.25, 0.3) is 0 Å². The quantitative estimate of drug-likeness (QED) is 0.841. The number of amides is 1.